The smallest absolute Gasteiger partial charge is 0.254 e. The van der Waals surface area contributed by atoms with Gasteiger partial charge in [-0.25, -0.2) is 4.39 Å². The third-order valence-corrected chi connectivity index (χ3v) is 4.37. The molecule has 1 atom stereocenters. The zero-order chi connectivity index (χ0) is 14.7. The van der Waals surface area contributed by atoms with E-state index in [2.05, 4.69) is 40.3 Å². The second-order valence-electron chi connectivity index (χ2n) is 4.72. The topological polar surface area (TPSA) is 29.1 Å². The Hall–Kier alpha value is -1.20. The van der Waals surface area contributed by atoms with Crippen LogP contribution in [0.2, 0.25) is 0 Å². The molecule has 0 saturated carbocycles. The maximum atomic E-state index is 13.7. The van der Waals surface area contributed by atoms with Crippen LogP contribution in [0.25, 0.3) is 0 Å². The summed E-state index contributed by atoms with van der Waals surface area (Å²) in [6.07, 6.45) is 0.752. The molecule has 20 heavy (non-hydrogen) atoms. The van der Waals surface area contributed by atoms with E-state index in [1.165, 1.54) is 21.9 Å². The van der Waals surface area contributed by atoms with E-state index in [1.54, 1.807) is 17.4 Å². The monoisotopic (exact) mass is 355 g/mol. The minimum absolute atomic E-state index is 0.0383. The van der Waals surface area contributed by atoms with E-state index < -0.39 is 5.82 Å². The quantitative estimate of drug-likeness (QED) is 0.869. The number of carbonyl (C=O) groups is 1. The van der Waals surface area contributed by atoms with E-state index in [4.69, 9.17) is 0 Å². The second-order valence-corrected chi connectivity index (χ2v) is 7.00. The molecule has 0 bridgehead atoms. The molecule has 5 heteroatoms. The first-order valence-electron chi connectivity index (χ1n) is 6.27. The molecule has 0 saturated heterocycles. The molecule has 1 aromatic heterocycles. The SMILES string of the molecule is Cc1ccc(CC(C)NC(=O)c2ccc(Br)cc2F)s1. The lowest BCUT2D eigenvalue weighted by Gasteiger charge is -2.13. The third-order valence-electron chi connectivity index (χ3n) is 2.86. The van der Waals surface area contributed by atoms with Crippen LogP contribution in [0.5, 0.6) is 0 Å². The molecule has 1 N–H and O–H groups in total. The Balaban J connectivity index is 2.00. The second kappa shape index (κ2) is 6.50. The summed E-state index contributed by atoms with van der Waals surface area (Å²) in [5.41, 5.74) is 0.0717. The molecule has 1 amide bonds. The summed E-state index contributed by atoms with van der Waals surface area (Å²) < 4.78 is 14.3. The van der Waals surface area contributed by atoms with Crippen LogP contribution in [0.15, 0.2) is 34.8 Å². The van der Waals surface area contributed by atoms with Gasteiger partial charge in [0.1, 0.15) is 5.82 Å². The zero-order valence-electron chi connectivity index (χ0n) is 11.2. The predicted octanol–water partition coefficient (Wildman–Crippen LogP) is 4.32. The summed E-state index contributed by atoms with van der Waals surface area (Å²) in [7, 11) is 0. The highest BCUT2D eigenvalue weighted by Crippen LogP contribution is 2.18. The minimum atomic E-state index is -0.518. The number of amides is 1. The summed E-state index contributed by atoms with van der Waals surface area (Å²) in [5, 5.41) is 2.83. The van der Waals surface area contributed by atoms with Crippen LogP contribution < -0.4 is 5.32 Å². The Morgan fingerprint density at radius 2 is 2.15 bits per heavy atom. The first kappa shape index (κ1) is 15.2. The normalized spacial score (nSPS) is 12.2. The molecule has 2 aromatic rings. The number of aryl methyl sites for hydroxylation is 1. The lowest BCUT2D eigenvalue weighted by atomic mass is 10.1. The predicted molar refractivity (Wildman–Crippen MR) is 83.8 cm³/mol. The fraction of sp³-hybridized carbons (Fsp3) is 0.267. The molecular formula is C15H15BrFNOS. The highest BCUT2D eigenvalue weighted by Gasteiger charge is 2.15. The number of benzene rings is 1. The van der Waals surface area contributed by atoms with Crippen molar-refractivity contribution in [1.29, 1.82) is 0 Å². The van der Waals surface area contributed by atoms with Crippen molar-refractivity contribution in [2.45, 2.75) is 26.3 Å². The summed E-state index contributed by atoms with van der Waals surface area (Å²) in [6.45, 7) is 3.97. The Labute approximate surface area is 130 Å². The van der Waals surface area contributed by atoms with Crippen molar-refractivity contribution in [3.63, 3.8) is 0 Å². The van der Waals surface area contributed by atoms with Gasteiger partial charge in [0.25, 0.3) is 5.91 Å². The van der Waals surface area contributed by atoms with Gasteiger partial charge in [-0.3, -0.25) is 4.79 Å². The van der Waals surface area contributed by atoms with Crippen molar-refractivity contribution in [2.24, 2.45) is 0 Å². The van der Waals surface area contributed by atoms with Crippen LogP contribution >= 0.6 is 27.3 Å². The average Bonchev–Trinajstić information content (AvgIpc) is 2.74. The van der Waals surface area contributed by atoms with Crippen LogP contribution in [0.1, 0.15) is 27.0 Å². The van der Waals surface area contributed by atoms with Gasteiger partial charge in [0.05, 0.1) is 5.56 Å². The highest BCUT2D eigenvalue weighted by molar-refractivity contribution is 9.10. The fourth-order valence-electron chi connectivity index (χ4n) is 1.92. The standard InChI is InChI=1S/C15H15BrFNOS/c1-9(7-12-5-3-10(2)20-12)18-15(19)13-6-4-11(16)8-14(13)17/h3-6,8-9H,7H2,1-2H3,(H,18,19). The number of hydrogen-bond donors (Lipinski definition) is 1. The molecule has 0 radical (unpaired) electrons. The number of thiophene rings is 1. The molecule has 106 valence electrons. The number of rotatable bonds is 4. The van der Waals surface area contributed by atoms with Crippen molar-refractivity contribution in [1.82, 2.24) is 5.32 Å². The Bertz CT molecular complexity index is 626. The lowest BCUT2D eigenvalue weighted by Crippen LogP contribution is -2.34. The third kappa shape index (κ3) is 3.90. The molecule has 1 aromatic carbocycles. The first-order chi connectivity index (χ1) is 9.45. The summed E-state index contributed by atoms with van der Waals surface area (Å²) in [5.74, 6) is -0.896. The molecule has 0 spiro atoms. The number of carbonyl (C=O) groups excluding carboxylic acids is 1. The van der Waals surface area contributed by atoms with Gasteiger partial charge in [-0.1, -0.05) is 15.9 Å². The first-order valence-corrected chi connectivity index (χ1v) is 7.88. The van der Waals surface area contributed by atoms with E-state index >= 15 is 0 Å². The largest absolute Gasteiger partial charge is 0.349 e. The molecule has 1 unspecified atom stereocenters. The maximum Gasteiger partial charge on any atom is 0.254 e. The van der Waals surface area contributed by atoms with Crippen LogP contribution in [0.4, 0.5) is 4.39 Å². The lowest BCUT2D eigenvalue weighted by molar-refractivity contribution is 0.0936. The van der Waals surface area contributed by atoms with Crippen molar-refractivity contribution in [3.8, 4) is 0 Å². The van der Waals surface area contributed by atoms with Crippen molar-refractivity contribution in [2.75, 3.05) is 0 Å². The Morgan fingerprint density at radius 3 is 2.75 bits per heavy atom. The average molecular weight is 356 g/mol. The molecular weight excluding hydrogens is 341 g/mol. The minimum Gasteiger partial charge on any atom is -0.349 e. The van der Waals surface area contributed by atoms with E-state index in [0.717, 1.165) is 6.42 Å². The van der Waals surface area contributed by atoms with Crippen molar-refractivity contribution in [3.05, 3.63) is 55.9 Å². The molecule has 0 aliphatic heterocycles. The van der Waals surface area contributed by atoms with Crippen molar-refractivity contribution < 1.29 is 9.18 Å². The maximum absolute atomic E-state index is 13.7. The van der Waals surface area contributed by atoms with Crippen LogP contribution in [0.3, 0.4) is 0 Å². The van der Waals surface area contributed by atoms with Gasteiger partial charge in [0.2, 0.25) is 0 Å². The Kier molecular flexibility index (Phi) is 4.94. The van der Waals surface area contributed by atoms with Crippen LogP contribution in [-0.2, 0) is 6.42 Å². The van der Waals surface area contributed by atoms with Gasteiger partial charge < -0.3 is 5.32 Å². The van der Waals surface area contributed by atoms with Gasteiger partial charge in [-0.15, -0.1) is 11.3 Å². The number of halogens is 2. The molecule has 0 aliphatic rings. The number of hydrogen-bond acceptors (Lipinski definition) is 2. The van der Waals surface area contributed by atoms with Gasteiger partial charge in [0, 0.05) is 26.7 Å². The van der Waals surface area contributed by atoms with Crippen LogP contribution in [-0.4, -0.2) is 11.9 Å². The summed E-state index contributed by atoms with van der Waals surface area (Å²) >= 11 is 4.88. The van der Waals surface area contributed by atoms with Crippen LogP contribution in [0, 0.1) is 12.7 Å². The zero-order valence-corrected chi connectivity index (χ0v) is 13.6. The van der Waals surface area contributed by atoms with E-state index in [-0.39, 0.29) is 17.5 Å². The van der Waals surface area contributed by atoms with Gasteiger partial charge in [-0.05, 0) is 44.2 Å². The molecule has 0 aliphatic carbocycles. The number of nitrogens with one attached hydrogen (secondary N) is 1. The molecule has 0 fully saturated rings. The van der Waals surface area contributed by atoms with Gasteiger partial charge >= 0.3 is 0 Å². The van der Waals surface area contributed by atoms with E-state index in [0.29, 0.717) is 4.47 Å². The summed E-state index contributed by atoms with van der Waals surface area (Å²) in [6, 6.07) is 8.51. The van der Waals surface area contributed by atoms with Crippen molar-refractivity contribution >= 4 is 33.2 Å². The van der Waals surface area contributed by atoms with E-state index in [1.807, 2.05) is 6.92 Å². The molecule has 2 rings (SSSR count). The highest BCUT2D eigenvalue weighted by atomic mass is 79.9. The molecule has 2 nitrogen and oxygen atoms in total. The fourth-order valence-corrected chi connectivity index (χ4v) is 3.28. The van der Waals surface area contributed by atoms with Gasteiger partial charge in [-0.2, -0.15) is 0 Å². The Morgan fingerprint density at radius 1 is 1.40 bits per heavy atom. The van der Waals surface area contributed by atoms with E-state index in [9.17, 15) is 9.18 Å². The summed E-state index contributed by atoms with van der Waals surface area (Å²) in [4.78, 5) is 14.5. The molecule has 1 heterocycles. The van der Waals surface area contributed by atoms with Gasteiger partial charge in [0.15, 0.2) is 0 Å².